The molecule has 0 aliphatic carbocycles. The van der Waals surface area contributed by atoms with Gasteiger partial charge in [-0.05, 0) is 37.1 Å². The standard InChI is InChI=1S/C17H35NO/c1-8-19-14-17(6,7)13-18-10-9-15(2,3)11-16(4,5)12-18/h8-14H2,1-7H3. The monoisotopic (exact) mass is 269 g/mol. The highest BCUT2D eigenvalue weighted by atomic mass is 16.5. The van der Waals surface area contributed by atoms with E-state index in [4.69, 9.17) is 4.74 Å². The first kappa shape index (κ1) is 17.0. The first-order valence-electron chi connectivity index (χ1n) is 7.85. The molecule has 0 bridgehead atoms. The van der Waals surface area contributed by atoms with Crippen molar-refractivity contribution in [1.29, 1.82) is 0 Å². The third-order valence-electron chi connectivity index (χ3n) is 4.06. The Morgan fingerprint density at radius 2 is 1.74 bits per heavy atom. The molecule has 2 nitrogen and oxygen atoms in total. The van der Waals surface area contributed by atoms with Crippen molar-refractivity contribution in [3.63, 3.8) is 0 Å². The van der Waals surface area contributed by atoms with E-state index in [1.54, 1.807) is 0 Å². The molecule has 0 aromatic rings. The second-order valence-corrected chi connectivity index (χ2v) is 8.77. The van der Waals surface area contributed by atoms with Gasteiger partial charge in [0.05, 0.1) is 6.61 Å². The van der Waals surface area contributed by atoms with Crippen LogP contribution in [0.1, 0.15) is 61.3 Å². The fourth-order valence-electron chi connectivity index (χ4n) is 3.75. The molecular weight excluding hydrogens is 234 g/mol. The number of rotatable bonds is 5. The summed E-state index contributed by atoms with van der Waals surface area (Å²) in [5.74, 6) is 0. The van der Waals surface area contributed by atoms with E-state index in [2.05, 4.69) is 53.4 Å². The van der Waals surface area contributed by atoms with Gasteiger partial charge in [0.1, 0.15) is 0 Å². The van der Waals surface area contributed by atoms with Gasteiger partial charge in [-0.1, -0.05) is 41.5 Å². The fourth-order valence-corrected chi connectivity index (χ4v) is 3.75. The average Bonchev–Trinajstić information content (AvgIpc) is 2.30. The molecule has 1 heterocycles. The number of likely N-dealkylation sites (tertiary alicyclic amines) is 1. The van der Waals surface area contributed by atoms with Gasteiger partial charge >= 0.3 is 0 Å². The maximum absolute atomic E-state index is 5.64. The molecule has 0 spiro atoms. The molecule has 19 heavy (non-hydrogen) atoms. The van der Waals surface area contributed by atoms with Gasteiger partial charge in [-0.15, -0.1) is 0 Å². The van der Waals surface area contributed by atoms with Crippen molar-refractivity contribution >= 4 is 0 Å². The Morgan fingerprint density at radius 3 is 2.32 bits per heavy atom. The highest BCUT2D eigenvalue weighted by Crippen LogP contribution is 2.40. The van der Waals surface area contributed by atoms with Crippen LogP contribution >= 0.6 is 0 Å². The van der Waals surface area contributed by atoms with E-state index in [0.717, 1.165) is 19.8 Å². The van der Waals surface area contributed by atoms with Gasteiger partial charge in [0, 0.05) is 25.1 Å². The Kier molecular flexibility index (Phi) is 5.48. The van der Waals surface area contributed by atoms with Crippen LogP contribution in [0.2, 0.25) is 0 Å². The third kappa shape index (κ3) is 6.27. The summed E-state index contributed by atoms with van der Waals surface area (Å²) in [6.07, 6.45) is 2.63. The summed E-state index contributed by atoms with van der Waals surface area (Å²) in [5.41, 5.74) is 1.14. The minimum Gasteiger partial charge on any atom is -0.381 e. The summed E-state index contributed by atoms with van der Waals surface area (Å²) in [5, 5.41) is 0. The van der Waals surface area contributed by atoms with Crippen LogP contribution in [0.3, 0.4) is 0 Å². The van der Waals surface area contributed by atoms with Gasteiger partial charge in [-0.25, -0.2) is 0 Å². The molecule has 0 radical (unpaired) electrons. The Balaban J connectivity index is 2.63. The number of hydrogen-bond donors (Lipinski definition) is 0. The minimum atomic E-state index is 0.251. The third-order valence-corrected chi connectivity index (χ3v) is 4.06. The lowest BCUT2D eigenvalue weighted by atomic mass is 9.75. The molecule has 0 atom stereocenters. The van der Waals surface area contributed by atoms with Crippen LogP contribution in [0.4, 0.5) is 0 Å². The van der Waals surface area contributed by atoms with E-state index in [1.807, 2.05) is 0 Å². The Hall–Kier alpha value is -0.0800. The molecule has 114 valence electrons. The Labute approximate surface area is 120 Å². The van der Waals surface area contributed by atoms with Crippen molar-refractivity contribution < 1.29 is 4.74 Å². The maximum atomic E-state index is 5.64. The van der Waals surface area contributed by atoms with Gasteiger partial charge in [0.25, 0.3) is 0 Å². The van der Waals surface area contributed by atoms with Crippen LogP contribution in [0.25, 0.3) is 0 Å². The molecule has 1 saturated heterocycles. The quantitative estimate of drug-likeness (QED) is 0.742. The van der Waals surface area contributed by atoms with Gasteiger partial charge in [-0.2, -0.15) is 0 Å². The molecule has 0 unspecified atom stereocenters. The molecule has 1 aliphatic heterocycles. The molecule has 2 heteroatoms. The molecule has 1 fully saturated rings. The predicted molar refractivity (Wildman–Crippen MR) is 83.5 cm³/mol. The van der Waals surface area contributed by atoms with Crippen LogP contribution in [0.15, 0.2) is 0 Å². The number of nitrogens with zero attached hydrogens (tertiary/aromatic N) is 1. The van der Waals surface area contributed by atoms with Crippen LogP contribution in [-0.2, 0) is 4.74 Å². The van der Waals surface area contributed by atoms with Gasteiger partial charge in [0.15, 0.2) is 0 Å². The molecule has 1 aliphatic rings. The van der Waals surface area contributed by atoms with Crippen molar-refractivity contribution in [2.24, 2.45) is 16.2 Å². The summed E-state index contributed by atoms with van der Waals surface area (Å²) in [6.45, 7) is 21.7. The van der Waals surface area contributed by atoms with Gasteiger partial charge in [-0.3, -0.25) is 0 Å². The lowest BCUT2D eigenvalue weighted by Crippen LogP contribution is -2.41. The van der Waals surface area contributed by atoms with Crippen molar-refractivity contribution in [2.75, 3.05) is 32.8 Å². The lowest BCUT2D eigenvalue weighted by molar-refractivity contribution is 0.0393. The predicted octanol–water partition coefficient (Wildman–Crippen LogP) is 4.20. The van der Waals surface area contributed by atoms with E-state index in [-0.39, 0.29) is 5.41 Å². The Bertz CT molecular complexity index is 281. The highest BCUT2D eigenvalue weighted by molar-refractivity contribution is 4.88. The summed E-state index contributed by atoms with van der Waals surface area (Å²) in [4.78, 5) is 2.66. The zero-order valence-corrected chi connectivity index (χ0v) is 14.3. The van der Waals surface area contributed by atoms with E-state index >= 15 is 0 Å². The first-order chi connectivity index (χ1) is 8.55. The summed E-state index contributed by atoms with van der Waals surface area (Å²) in [6, 6.07) is 0. The molecule has 0 amide bonds. The van der Waals surface area contributed by atoms with E-state index in [1.165, 1.54) is 25.9 Å². The van der Waals surface area contributed by atoms with Crippen molar-refractivity contribution in [3.8, 4) is 0 Å². The molecule has 0 saturated carbocycles. The zero-order valence-electron chi connectivity index (χ0n) is 14.3. The number of ether oxygens (including phenoxy) is 1. The Morgan fingerprint density at radius 1 is 1.11 bits per heavy atom. The average molecular weight is 269 g/mol. The van der Waals surface area contributed by atoms with Crippen LogP contribution < -0.4 is 0 Å². The smallest absolute Gasteiger partial charge is 0.0529 e. The largest absolute Gasteiger partial charge is 0.381 e. The number of hydrogen-bond acceptors (Lipinski definition) is 2. The lowest BCUT2D eigenvalue weighted by Gasteiger charge is -2.36. The minimum absolute atomic E-state index is 0.251. The zero-order chi connectivity index (χ0) is 14.7. The molecule has 1 rings (SSSR count). The highest BCUT2D eigenvalue weighted by Gasteiger charge is 2.35. The summed E-state index contributed by atoms with van der Waals surface area (Å²) in [7, 11) is 0. The van der Waals surface area contributed by atoms with E-state index in [0.29, 0.717) is 10.8 Å². The van der Waals surface area contributed by atoms with E-state index < -0.39 is 0 Å². The van der Waals surface area contributed by atoms with Crippen molar-refractivity contribution in [3.05, 3.63) is 0 Å². The maximum Gasteiger partial charge on any atom is 0.0529 e. The molecular formula is C17H35NO. The van der Waals surface area contributed by atoms with Crippen LogP contribution in [0.5, 0.6) is 0 Å². The van der Waals surface area contributed by atoms with Gasteiger partial charge in [0.2, 0.25) is 0 Å². The second-order valence-electron chi connectivity index (χ2n) is 8.77. The molecule has 0 aromatic heterocycles. The summed E-state index contributed by atoms with van der Waals surface area (Å²) < 4.78 is 5.64. The van der Waals surface area contributed by atoms with Gasteiger partial charge < -0.3 is 9.64 Å². The van der Waals surface area contributed by atoms with Crippen molar-refractivity contribution in [1.82, 2.24) is 4.90 Å². The van der Waals surface area contributed by atoms with E-state index in [9.17, 15) is 0 Å². The second kappa shape index (κ2) is 6.13. The molecule has 0 N–H and O–H groups in total. The topological polar surface area (TPSA) is 12.5 Å². The normalized spacial score (nSPS) is 24.2. The first-order valence-corrected chi connectivity index (χ1v) is 7.85. The SMILES string of the molecule is CCOCC(C)(C)CN1CCC(C)(C)CC(C)(C)C1. The summed E-state index contributed by atoms with van der Waals surface area (Å²) >= 11 is 0. The van der Waals surface area contributed by atoms with Crippen LogP contribution in [-0.4, -0.2) is 37.7 Å². The van der Waals surface area contributed by atoms with Crippen LogP contribution in [0, 0.1) is 16.2 Å². The fraction of sp³-hybridized carbons (Fsp3) is 1.00. The molecule has 0 aromatic carbocycles. The van der Waals surface area contributed by atoms with Crippen molar-refractivity contribution in [2.45, 2.75) is 61.3 Å².